The van der Waals surface area contributed by atoms with E-state index in [0.29, 0.717) is 5.92 Å². The largest absolute Gasteiger partial charge is 0.0866 e. The van der Waals surface area contributed by atoms with Gasteiger partial charge in [-0.25, -0.2) is 0 Å². The van der Waals surface area contributed by atoms with Crippen LogP contribution in [0.5, 0.6) is 0 Å². The lowest BCUT2D eigenvalue weighted by Gasteiger charge is -2.36. The van der Waals surface area contributed by atoms with Gasteiger partial charge in [-0.05, 0) is 48.5 Å². The molecular weight excluding hydrogens is 234 g/mol. The average Bonchev–Trinajstić information content (AvgIpc) is 2.36. The van der Waals surface area contributed by atoms with Crippen LogP contribution in [0.4, 0.5) is 0 Å². The number of hydrogen-bond acceptors (Lipinski definition) is 1. The van der Waals surface area contributed by atoms with Gasteiger partial charge in [-0.2, -0.15) is 0 Å². The van der Waals surface area contributed by atoms with E-state index in [1.165, 1.54) is 19.3 Å². The fraction of sp³-hybridized carbons (Fsp3) is 0.875. The van der Waals surface area contributed by atoms with Gasteiger partial charge < -0.3 is 0 Å². The molecule has 0 bridgehead atoms. The first-order chi connectivity index (χ1) is 9.08. The van der Waals surface area contributed by atoms with E-state index in [2.05, 4.69) is 49.9 Å². The Kier molecular flexibility index (Phi) is 7.01. The van der Waals surface area contributed by atoms with E-state index in [-0.39, 0.29) is 6.04 Å². The highest BCUT2D eigenvalue weighted by molar-refractivity contribution is 5.00. The summed E-state index contributed by atoms with van der Waals surface area (Å²) < 4.78 is 0. The van der Waals surface area contributed by atoms with Gasteiger partial charge in [-0.1, -0.05) is 57.8 Å². The van der Waals surface area contributed by atoms with E-state index in [4.69, 9.17) is 5.53 Å². The summed E-state index contributed by atoms with van der Waals surface area (Å²) in [6.07, 6.45) is 10.5. The lowest BCUT2D eigenvalue weighted by atomic mass is 9.70. The van der Waals surface area contributed by atoms with Crippen molar-refractivity contribution in [2.24, 2.45) is 28.8 Å². The molecule has 1 aliphatic carbocycles. The third kappa shape index (κ3) is 5.28. The Morgan fingerprint density at radius 1 is 1.37 bits per heavy atom. The Morgan fingerprint density at radius 2 is 2.11 bits per heavy atom. The molecule has 0 aromatic carbocycles. The molecule has 0 heterocycles. The van der Waals surface area contributed by atoms with Crippen LogP contribution in [-0.2, 0) is 0 Å². The van der Waals surface area contributed by atoms with Crippen LogP contribution in [0.3, 0.4) is 0 Å². The molecule has 1 unspecified atom stereocenters. The van der Waals surface area contributed by atoms with E-state index < -0.39 is 0 Å². The van der Waals surface area contributed by atoms with E-state index in [9.17, 15) is 0 Å². The van der Waals surface area contributed by atoms with Gasteiger partial charge in [0.1, 0.15) is 0 Å². The summed E-state index contributed by atoms with van der Waals surface area (Å²) >= 11 is 0. The van der Waals surface area contributed by atoms with Gasteiger partial charge in [0.2, 0.25) is 0 Å². The van der Waals surface area contributed by atoms with Crippen molar-refractivity contribution in [2.75, 3.05) is 0 Å². The van der Waals surface area contributed by atoms with Crippen LogP contribution in [0.1, 0.15) is 59.8 Å². The molecule has 0 saturated heterocycles. The van der Waals surface area contributed by atoms with E-state index in [1.807, 2.05) is 0 Å². The SMILES string of the molecule is CCC[C@@H](/C=C/C1C[C@H](C)CC[C@H]1C(C)C)N=[N+]=[N-]. The molecule has 0 aliphatic heterocycles. The maximum atomic E-state index is 8.61. The van der Waals surface area contributed by atoms with Gasteiger partial charge in [-0.15, -0.1) is 0 Å². The molecule has 19 heavy (non-hydrogen) atoms. The maximum Gasteiger partial charge on any atom is 0.0555 e. The molecule has 0 N–H and O–H groups in total. The highest BCUT2D eigenvalue weighted by Gasteiger charge is 2.28. The van der Waals surface area contributed by atoms with Gasteiger partial charge in [0.05, 0.1) is 6.04 Å². The number of azide groups is 1. The molecule has 3 heteroatoms. The van der Waals surface area contributed by atoms with Crippen LogP contribution < -0.4 is 0 Å². The summed E-state index contributed by atoms with van der Waals surface area (Å²) in [4.78, 5) is 2.96. The first-order valence-corrected chi connectivity index (χ1v) is 7.81. The fourth-order valence-corrected chi connectivity index (χ4v) is 3.32. The highest BCUT2D eigenvalue weighted by Crippen LogP contribution is 2.38. The molecule has 3 nitrogen and oxygen atoms in total. The lowest BCUT2D eigenvalue weighted by Crippen LogP contribution is -2.26. The monoisotopic (exact) mass is 263 g/mol. The van der Waals surface area contributed by atoms with Crippen LogP contribution in [-0.4, -0.2) is 6.04 Å². The number of allylic oxidation sites excluding steroid dienone is 1. The molecule has 1 fully saturated rings. The molecule has 0 spiro atoms. The lowest BCUT2D eigenvalue weighted by molar-refractivity contribution is 0.178. The molecule has 0 radical (unpaired) electrons. The molecule has 0 amide bonds. The first-order valence-electron chi connectivity index (χ1n) is 7.81. The topological polar surface area (TPSA) is 48.8 Å². The molecule has 1 saturated carbocycles. The second kappa shape index (κ2) is 8.27. The zero-order chi connectivity index (χ0) is 14.3. The van der Waals surface area contributed by atoms with Gasteiger partial charge in [0, 0.05) is 4.91 Å². The van der Waals surface area contributed by atoms with Crippen molar-refractivity contribution < 1.29 is 0 Å². The molecule has 1 aliphatic rings. The number of rotatable bonds is 6. The first kappa shape index (κ1) is 16.1. The van der Waals surface area contributed by atoms with Gasteiger partial charge in [0.25, 0.3) is 0 Å². The Labute approximate surface area is 118 Å². The molecule has 108 valence electrons. The average molecular weight is 263 g/mol. The summed E-state index contributed by atoms with van der Waals surface area (Å²) in [5.74, 6) is 3.03. The minimum absolute atomic E-state index is 0.0417. The van der Waals surface area contributed by atoms with Crippen molar-refractivity contribution in [1.29, 1.82) is 0 Å². The summed E-state index contributed by atoms with van der Waals surface area (Å²) in [6.45, 7) is 9.15. The van der Waals surface area contributed by atoms with Crippen LogP contribution in [0.2, 0.25) is 0 Å². The van der Waals surface area contributed by atoms with Crippen LogP contribution >= 0.6 is 0 Å². The van der Waals surface area contributed by atoms with Gasteiger partial charge in [0.15, 0.2) is 0 Å². The Hall–Kier alpha value is -0.950. The number of nitrogens with zero attached hydrogens (tertiary/aromatic N) is 3. The molecule has 1 rings (SSSR count). The predicted octanol–water partition coefficient (Wildman–Crippen LogP) is 5.73. The summed E-state index contributed by atoms with van der Waals surface area (Å²) in [5.41, 5.74) is 8.61. The highest BCUT2D eigenvalue weighted by atomic mass is 15.1. The van der Waals surface area contributed by atoms with E-state index in [1.54, 1.807) is 0 Å². The molecule has 4 atom stereocenters. The standard InChI is InChI=1S/C16H29N3/c1-5-6-15(18-19-17)9-8-14-11-13(4)7-10-16(14)12(2)3/h8-9,12-16H,5-7,10-11H2,1-4H3/b9-8+/t13-,14?,15+,16+/m1/s1. The second-order valence-corrected chi connectivity index (χ2v) is 6.44. The Bertz CT molecular complexity index is 329. The van der Waals surface area contributed by atoms with Crippen LogP contribution in [0.25, 0.3) is 10.4 Å². The zero-order valence-electron chi connectivity index (χ0n) is 12.9. The Balaban J connectivity index is 2.70. The second-order valence-electron chi connectivity index (χ2n) is 6.44. The van der Waals surface area contributed by atoms with Crippen LogP contribution in [0.15, 0.2) is 17.3 Å². The van der Waals surface area contributed by atoms with Crippen molar-refractivity contribution in [1.82, 2.24) is 0 Å². The third-order valence-electron chi connectivity index (χ3n) is 4.44. The third-order valence-corrected chi connectivity index (χ3v) is 4.44. The van der Waals surface area contributed by atoms with Crippen LogP contribution in [0, 0.1) is 23.7 Å². The van der Waals surface area contributed by atoms with E-state index in [0.717, 1.165) is 30.6 Å². The molecular formula is C16H29N3. The molecule has 0 aromatic rings. The smallest absolute Gasteiger partial charge is 0.0555 e. The minimum Gasteiger partial charge on any atom is -0.0866 e. The number of hydrogen-bond donors (Lipinski definition) is 0. The normalized spacial score (nSPS) is 29.4. The minimum atomic E-state index is 0.0417. The van der Waals surface area contributed by atoms with Gasteiger partial charge in [-0.3, -0.25) is 0 Å². The quantitative estimate of drug-likeness (QED) is 0.254. The predicted molar refractivity (Wildman–Crippen MR) is 81.8 cm³/mol. The van der Waals surface area contributed by atoms with Crippen molar-refractivity contribution in [2.45, 2.75) is 65.8 Å². The van der Waals surface area contributed by atoms with Crippen molar-refractivity contribution in [3.05, 3.63) is 22.6 Å². The summed E-state index contributed by atoms with van der Waals surface area (Å²) in [5, 5.41) is 3.88. The van der Waals surface area contributed by atoms with Crippen molar-refractivity contribution in [3.8, 4) is 0 Å². The van der Waals surface area contributed by atoms with Gasteiger partial charge >= 0.3 is 0 Å². The summed E-state index contributed by atoms with van der Waals surface area (Å²) in [7, 11) is 0. The fourth-order valence-electron chi connectivity index (χ4n) is 3.32. The maximum absolute atomic E-state index is 8.61. The Morgan fingerprint density at radius 3 is 2.68 bits per heavy atom. The molecule has 0 aromatic heterocycles. The zero-order valence-corrected chi connectivity index (χ0v) is 12.9. The van der Waals surface area contributed by atoms with Crippen molar-refractivity contribution >= 4 is 0 Å². The summed E-state index contributed by atoms with van der Waals surface area (Å²) in [6, 6.07) is 0.0417. The van der Waals surface area contributed by atoms with Crippen molar-refractivity contribution in [3.63, 3.8) is 0 Å². The van der Waals surface area contributed by atoms with E-state index >= 15 is 0 Å².